The fourth-order valence-electron chi connectivity index (χ4n) is 3.62. The molecule has 1 atom stereocenters. The number of aromatic nitrogens is 1. The third-order valence-corrected chi connectivity index (χ3v) is 4.65. The van der Waals surface area contributed by atoms with E-state index >= 15 is 0 Å². The molecule has 0 saturated carbocycles. The fourth-order valence-corrected chi connectivity index (χ4v) is 3.62. The summed E-state index contributed by atoms with van der Waals surface area (Å²) in [6.07, 6.45) is 0.931. The summed E-state index contributed by atoms with van der Waals surface area (Å²) in [5, 5.41) is 4.62. The van der Waals surface area contributed by atoms with Gasteiger partial charge in [0, 0.05) is 23.1 Å². The predicted octanol–water partition coefficient (Wildman–Crippen LogP) is 4.16. The molecule has 1 aliphatic heterocycles. The summed E-state index contributed by atoms with van der Waals surface area (Å²) in [5.41, 5.74) is 7.30. The Hall–Kier alpha value is -2.13. The van der Waals surface area contributed by atoms with Crippen LogP contribution in [0, 0.1) is 19.7 Å². The molecular formula is C19H19FN2. The van der Waals surface area contributed by atoms with Crippen molar-refractivity contribution < 1.29 is 4.39 Å². The van der Waals surface area contributed by atoms with Crippen molar-refractivity contribution in [3.8, 4) is 0 Å². The lowest BCUT2D eigenvalue weighted by atomic mass is 9.91. The van der Waals surface area contributed by atoms with Crippen LogP contribution in [-0.2, 0) is 6.42 Å². The quantitative estimate of drug-likeness (QED) is 0.693. The van der Waals surface area contributed by atoms with Crippen LogP contribution < -0.4 is 5.32 Å². The Kier molecular flexibility index (Phi) is 3.05. The second kappa shape index (κ2) is 4.96. The van der Waals surface area contributed by atoms with Crippen LogP contribution in [-0.4, -0.2) is 11.5 Å². The summed E-state index contributed by atoms with van der Waals surface area (Å²) >= 11 is 0. The number of benzene rings is 2. The SMILES string of the molecule is Cc1ccc(C2NCCc3c2[nH]c2ccc(F)cc32)c(C)c1. The molecule has 0 saturated heterocycles. The highest BCUT2D eigenvalue weighted by atomic mass is 19.1. The number of halogens is 1. The van der Waals surface area contributed by atoms with E-state index in [1.54, 1.807) is 6.07 Å². The van der Waals surface area contributed by atoms with E-state index in [-0.39, 0.29) is 11.9 Å². The van der Waals surface area contributed by atoms with Crippen molar-refractivity contribution >= 4 is 10.9 Å². The lowest BCUT2D eigenvalue weighted by Gasteiger charge is -2.26. The molecule has 2 heterocycles. The van der Waals surface area contributed by atoms with Gasteiger partial charge in [0.05, 0.1) is 6.04 Å². The lowest BCUT2D eigenvalue weighted by molar-refractivity contribution is 0.558. The number of rotatable bonds is 1. The van der Waals surface area contributed by atoms with Crippen LogP contribution in [0.2, 0.25) is 0 Å². The minimum absolute atomic E-state index is 0.153. The summed E-state index contributed by atoms with van der Waals surface area (Å²) in [6, 6.07) is 11.7. The van der Waals surface area contributed by atoms with Crippen LogP contribution in [0.25, 0.3) is 10.9 Å². The molecule has 0 fully saturated rings. The molecule has 2 aromatic carbocycles. The van der Waals surface area contributed by atoms with Crippen molar-refractivity contribution in [2.45, 2.75) is 26.3 Å². The number of H-pyrrole nitrogens is 1. The van der Waals surface area contributed by atoms with Gasteiger partial charge in [0.15, 0.2) is 0 Å². The zero-order valence-electron chi connectivity index (χ0n) is 12.8. The highest BCUT2D eigenvalue weighted by Crippen LogP contribution is 2.35. The molecule has 22 heavy (non-hydrogen) atoms. The number of nitrogens with one attached hydrogen (secondary N) is 2. The Morgan fingerprint density at radius 2 is 1.95 bits per heavy atom. The summed E-state index contributed by atoms with van der Waals surface area (Å²) in [6.45, 7) is 5.18. The largest absolute Gasteiger partial charge is 0.357 e. The van der Waals surface area contributed by atoms with Gasteiger partial charge in [-0.2, -0.15) is 0 Å². The lowest BCUT2D eigenvalue weighted by Crippen LogP contribution is -2.30. The number of aromatic amines is 1. The highest BCUT2D eigenvalue weighted by molar-refractivity contribution is 5.85. The summed E-state index contributed by atoms with van der Waals surface area (Å²) in [5.74, 6) is -0.170. The monoisotopic (exact) mass is 294 g/mol. The number of aryl methyl sites for hydroxylation is 2. The molecule has 1 aliphatic rings. The second-order valence-corrected chi connectivity index (χ2v) is 6.20. The average Bonchev–Trinajstić information content (AvgIpc) is 2.85. The van der Waals surface area contributed by atoms with E-state index in [0.29, 0.717) is 0 Å². The first-order chi connectivity index (χ1) is 10.6. The first kappa shape index (κ1) is 13.5. The molecule has 0 radical (unpaired) electrons. The van der Waals surface area contributed by atoms with Gasteiger partial charge in [0.1, 0.15) is 5.82 Å². The van der Waals surface area contributed by atoms with Gasteiger partial charge < -0.3 is 10.3 Å². The molecule has 4 rings (SSSR count). The first-order valence-corrected chi connectivity index (χ1v) is 7.74. The molecule has 3 aromatic rings. The summed E-state index contributed by atoms with van der Waals surface area (Å²) in [4.78, 5) is 3.50. The number of hydrogen-bond donors (Lipinski definition) is 2. The molecule has 3 heteroatoms. The van der Waals surface area contributed by atoms with Gasteiger partial charge in [-0.1, -0.05) is 23.8 Å². The second-order valence-electron chi connectivity index (χ2n) is 6.20. The van der Waals surface area contributed by atoms with E-state index in [1.165, 1.54) is 34.0 Å². The van der Waals surface area contributed by atoms with Crippen molar-refractivity contribution in [3.63, 3.8) is 0 Å². The Morgan fingerprint density at radius 1 is 1.09 bits per heavy atom. The molecule has 0 bridgehead atoms. The Morgan fingerprint density at radius 3 is 2.77 bits per heavy atom. The van der Waals surface area contributed by atoms with Gasteiger partial charge in [-0.3, -0.25) is 0 Å². The van der Waals surface area contributed by atoms with E-state index in [0.717, 1.165) is 23.9 Å². The molecular weight excluding hydrogens is 275 g/mol. The molecule has 2 nitrogen and oxygen atoms in total. The van der Waals surface area contributed by atoms with Gasteiger partial charge in [-0.05, 0) is 55.2 Å². The standard InChI is InChI=1S/C19H19FN2/c1-11-3-5-14(12(2)9-11)18-19-15(7-8-21-18)16-10-13(20)4-6-17(16)22-19/h3-6,9-10,18,21-22H,7-8H2,1-2H3. The summed E-state index contributed by atoms with van der Waals surface area (Å²) in [7, 11) is 0. The first-order valence-electron chi connectivity index (χ1n) is 7.74. The summed E-state index contributed by atoms with van der Waals surface area (Å²) < 4.78 is 13.6. The minimum atomic E-state index is -0.170. The molecule has 2 N–H and O–H groups in total. The third-order valence-electron chi connectivity index (χ3n) is 4.65. The van der Waals surface area contributed by atoms with Crippen LogP contribution >= 0.6 is 0 Å². The zero-order valence-corrected chi connectivity index (χ0v) is 12.8. The minimum Gasteiger partial charge on any atom is -0.357 e. The number of fused-ring (bicyclic) bond motifs is 3. The molecule has 1 unspecified atom stereocenters. The van der Waals surface area contributed by atoms with Gasteiger partial charge in [-0.25, -0.2) is 4.39 Å². The molecule has 0 amide bonds. The van der Waals surface area contributed by atoms with E-state index in [9.17, 15) is 4.39 Å². The maximum Gasteiger partial charge on any atom is 0.123 e. The van der Waals surface area contributed by atoms with Gasteiger partial charge in [0.25, 0.3) is 0 Å². The van der Waals surface area contributed by atoms with Crippen LogP contribution in [0.5, 0.6) is 0 Å². The van der Waals surface area contributed by atoms with Gasteiger partial charge >= 0.3 is 0 Å². The highest BCUT2D eigenvalue weighted by Gasteiger charge is 2.26. The van der Waals surface area contributed by atoms with Crippen molar-refractivity contribution in [2.75, 3.05) is 6.54 Å². The Bertz CT molecular complexity index is 863. The van der Waals surface area contributed by atoms with Crippen molar-refractivity contribution in [1.29, 1.82) is 0 Å². The van der Waals surface area contributed by atoms with E-state index in [2.05, 4.69) is 42.3 Å². The van der Waals surface area contributed by atoms with E-state index in [1.807, 2.05) is 6.07 Å². The molecule has 0 aliphatic carbocycles. The molecule has 0 spiro atoms. The predicted molar refractivity (Wildman–Crippen MR) is 87.7 cm³/mol. The molecule has 112 valence electrons. The van der Waals surface area contributed by atoms with Crippen LogP contribution in [0.3, 0.4) is 0 Å². The third kappa shape index (κ3) is 2.04. The maximum atomic E-state index is 13.6. The van der Waals surface area contributed by atoms with Crippen molar-refractivity contribution in [1.82, 2.24) is 10.3 Å². The Labute approximate surface area is 129 Å². The fraction of sp³-hybridized carbons (Fsp3) is 0.263. The average molecular weight is 294 g/mol. The normalized spacial score (nSPS) is 17.7. The topological polar surface area (TPSA) is 27.8 Å². The smallest absolute Gasteiger partial charge is 0.123 e. The van der Waals surface area contributed by atoms with Gasteiger partial charge in [0.2, 0.25) is 0 Å². The zero-order chi connectivity index (χ0) is 15.3. The van der Waals surface area contributed by atoms with Crippen LogP contribution in [0.4, 0.5) is 4.39 Å². The van der Waals surface area contributed by atoms with Crippen molar-refractivity contribution in [3.05, 3.63) is 70.2 Å². The van der Waals surface area contributed by atoms with Crippen molar-refractivity contribution in [2.24, 2.45) is 0 Å². The number of hydrogen-bond acceptors (Lipinski definition) is 1. The van der Waals surface area contributed by atoms with E-state index < -0.39 is 0 Å². The van der Waals surface area contributed by atoms with E-state index in [4.69, 9.17) is 0 Å². The van der Waals surface area contributed by atoms with Crippen LogP contribution in [0.15, 0.2) is 36.4 Å². The molecule has 1 aromatic heterocycles. The van der Waals surface area contributed by atoms with Crippen LogP contribution in [0.1, 0.15) is 34.0 Å². The maximum absolute atomic E-state index is 13.6. The Balaban J connectivity index is 1.90. The van der Waals surface area contributed by atoms with Gasteiger partial charge in [-0.15, -0.1) is 0 Å².